The second kappa shape index (κ2) is 6.59. The highest BCUT2D eigenvalue weighted by molar-refractivity contribution is 6.36. The molecule has 7 heteroatoms. The molecule has 0 saturated carbocycles. The Morgan fingerprint density at radius 2 is 1.92 bits per heavy atom. The molecule has 2 heterocycles. The number of aromatic nitrogens is 3. The second-order valence-corrected chi connectivity index (χ2v) is 6.45. The molecule has 3 aromatic rings. The lowest BCUT2D eigenvalue weighted by molar-refractivity contribution is 0.176. The molecule has 0 fully saturated rings. The van der Waals surface area contributed by atoms with E-state index in [9.17, 15) is 0 Å². The monoisotopic (exact) mass is 372 g/mol. The van der Waals surface area contributed by atoms with Crippen LogP contribution in [0.2, 0.25) is 10.0 Å². The molecule has 1 aromatic heterocycles. The Morgan fingerprint density at radius 3 is 2.72 bits per heavy atom. The van der Waals surface area contributed by atoms with Gasteiger partial charge in [-0.3, -0.25) is 9.56 Å². The lowest BCUT2D eigenvalue weighted by Crippen LogP contribution is -2.10. The van der Waals surface area contributed by atoms with Crippen LogP contribution in [-0.2, 0) is 17.9 Å². The summed E-state index contributed by atoms with van der Waals surface area (Å²) in [6, 6.07) is 13.3. The van der Waals surface area contributed by atoms with Gasteiger partial charge < -0.3 is 4.74 Å². The second-order valence-electron chi connectivity index (χ2n) is 5.61. The molecule has 5 nitrogen and oxygen atoms in total. The van der Waals surface area contributed by atoms with Gasteiger partial charge in [0, 0.05) is 28.3 Å². The highest BCUT2D eigenvalue weighted by Gasteiger charge is 2.24. The number of ether oxygens (including phenoxy) is 1. The van der Waals surface area contributed by atoms with E-state index in [1.807, 2.05) is 47.0 Å². The fraction of sp³-hybridized carbons (Fsp3) is 0.167. The molecule has 126 valence electrons. The minimum Gasteiger partial charge on any atom is -0.377 e. The highest BCUT2D eigenvalue weighted by Crippen LogP contribution is 2.30. The summed E-state index contributed by atoms with van der Waals surface area (Å²) in [5.41, 5.74) is 3.45. The van der Waals surface area contributed by atoms with Crippen molar-refractivity contribution in [3.63, 3.8) is 0 Å². The van der Waals surface area contributed by atoms with Gasteiger partial charge in [-0.15, -0.1) is 10.2 Å². The Kier molecular flexibility index (Phi) is 4.29. The minimum atomic E-state index is 0.358. The Labute approximate surface area is 154 Å². The average Bonchev–Trinajstić information content (AvgIpc) is 2.92. The summed E-state index contributed by atoms with van der Waals surface area (Å²) in [5, 5.41) is 9.76. The highest BCUT2D eigenvalue weighted by atomic mass is 35.5. The number of benzene rings is 2. The summed E-state index contributed by atoms with van der Waals surface area (Å²) in [4.78, 5) is 4.76. The minimum absolute atomic E-state index is 0.358. The van der Waals surface area contributed by atoms with Gasteiger partial charge in [-0.25, -0.2) is 0 Å². The maximum Gasteiger partial charge on any atom is 0.163 e. The summed E-state index contributed by atoms with van der Waals surface area (Å²) >= 11 is 12.7. The van der Waals surface area contributed by atoms with E-state index in [-0.39, 0.29) is 0 Å². The van der Waals surface area contributed by atoms with Crippen LogP contribution in [0.5, 0.6) is 0 Å². The smallest absolute Gasteiger partial charge is 0.163 e. The van der Waals surface area contributed by atoms with Crippen molar-refractivity contribution in [2.75, 3.05) is 7.11 Å². The summed E-state index contributed by atoms with van der Waals surface area (Å²) in [7, 11) is 1.63. The molecule has 25 heavy (non-hydrogen) atoms. The van der Waals surface area contributed by atoms with Gasteiger partial charge in [-0.2, -0.15) is 0 Å². The van der Waals surface area contributed by atoms with Crippen molar-refractivity contribution in [1.29, 1.82) is 0 Å². The maximum atomic E-state index is 6.41. The summed E-state index contributed by atoms with van der Waals surface area (Å²) in [6.07, 6.45) is 0. The van der Waals surface area contributed by atoms with E-state index in [2.05, 4.69) is 10.2 Å². The van der Waals surface area contributed by atoms with Gasteiger partial charge in [-0.05, 0) is 24.3 Å². The van der Waals surface area contributed by atoms with Crippen molar-refractivity contribution in [3.05, 3.63) is 75.3 Å². The van der Waals surface area contributed by atoms with Crippen LogP contribution >= 0.6 is 23.2 Å². The van der Waals surface area contributed by atoms with Crippen LogP contribution in [0.25, 0.3) is 5.69 Å². The Bertz CT molecular complexity index is 981. The zero-order valence-corrected chi connectivity index (χ0v) is 14.9. The van der Waals surface area contributed by atoms with E-state index in [1.165, 1.54) is 0 Å². The third-order valence-corrected chi connectivity index (χ3v) is 4.60. The van der Waals surface area contributed by atoms with Gasteiger partial charge >= 0.3 is 0 Å². The molecule has 0 bridgehead atoms. The van der Waals surface area contributed by atoms with Gasteiger partial charge in [-0.1, -0.05) is 41.4 Å². The molecule has 0 atom stereocenters. The number of hydrogen-bond donors (Lipinski definition) is 0. The standard InChI is InChI=1S/C18H14Cl2N4O/c1-25-10-17-23-22-16-9-21-18(12-4-2-3-5-14(12)20)13-8-11(19)6-7-15(13)24(16)17/h2-8H,9-10H2,1H3. The molecule has 0 spiro atoms. The Balaban J connectivity index is 1.98. The molecule has 0 saturated heterocycles. The molecule has 0 aliphatic carbocycles. The van der Waals surface area contributed by atoms with Gasteiger partial charge in [0.15, 0.2) is 11.6 Å². The van der Waals surface area contributed by atoms with Crippen LogP contribution in [0, 0.1) is 0 Å². The van der Waals surface area contributed by atoms with Crippen LogP contribution < -0.4 is 0 Å². The molecular formula is C18H14Cl2N4O. The van der Waals surface area contributed by atoms with Crippen LogP contribution in [0.3, 0.4) is 0 Å². The van der Waals surface area contributed by atoms with Crippen LogP contribution in [0.15, 0.2) is 47.5 Å². The first-order chi connectivity index (χ1) is 12.2. The predicted molar refractivity (Wildman–Crippen MR) is 97.9 cm³/mol. The lowest BCUT2D eigenvalue weighted by Gasteiger charge is -2.14. The number of halogens is 2. The van der Waals surface area contributed by atoms with Crippen LogP contribution in [-0.4, -0.2) is 27.6 Å². The number of aliphatic imine (C=N–C) groups is 1. The molecule has 0 unspecified atom stereocenters. The molecule has 0 radical (unpaired) electrons. The summed E-state index contributed by atoms with van der Waals surface area (Å²) in [5.74, 6) is 1.47. The van der Waals surface area contributed by atoms with Gasteiger partial charge in [0.25, 0.3) is 0 Å². The lowest BCUT2D eigenvalue weighted by atomic mass is 10.0. The third-order valence-electron chi connectivity index (χ3n) is 4.03. The molecule has 1 aliphatic heterocycles. The average molecular weight is 373 g/mol. The van der Waals surface area contributed by atoms with Gasteiger partial charge in [0.05, 0.1) is 11.4 Å². The Morgan fingerprint density at radius 1 is 1.08 bits per heavy atom. The van der Waals surface area contributed by atoms with Crippen molar-refractivity contribution in [3.8, 4) is 5.69 Å². The van der Waals surface area contributed by atoms with Gasteiger partial charge in [0.2, 0.25) is 0 Å². The number of rotatable bonds is 3. The first kappa shape index (κ1) is 16.3. The fourth-order valence-corrected chi connectivity index (χ4v) is 3.37. The van der Waals surface area contributed by atoms with E-state index in [0.717, 1.165) is 34.2 Å². The number of nitrogens with zero attached hydrogens (tertiary/aromatic N) is 4. The maximum absolute atomic E-state index is 6.41. The zero-order chi connectivity index (χ0) is 17.4. The molecule has 0 N–H and O–H groups in total. The first-order valence-electron chi connectivity index (χ1n) is 7.71. The third kappa shape index (κ3) is 2.84. The van der Waals surface area contributed by atoms with E-state index in [0.29, 0.717) is 23.2 Å². The van der Waals surface area contributed by atoms with Crippen LogP contribution in [0.4, 0.5) is 0 Å². The predicted octanol–water partition coefficient (Wildman–Crippen LogP) is 4.07. The summed E-state index contributed by atoms with van der Waals surface area (Å²) in [6.45, 7) is 0.750. The fourth-order valence-electron chi connectivity index (χ4n) is 2.97. The first-order valence-corrected chi connectivity index (χ1v) is 8.46. The van der Waals surface area contributed by atoms with E-state index in [4.69, 9.17) is 32.9 Å². The van der Waals surface area contributed by atoms with Crippen molar-refractivity contribution >= 4 is 28.9 Å². The van der Waals surface area contributed by atoms with E-state index in [1.54, 1.807) is 7.11 Å². The van der Waals surface area contributed by atoms with Crippen LogP contribution in [0.1, 0.15) is 22.8 Å². The van der Waals surface area contributed by atoms with Crippen molar-refractivity contribution in [1.82, 2.24) is 14.8 Å². The van der Waals surface area contributed by atoms with Crippen molar-refractivity contribution in [2.45, 2.75) is 13.2 Å². The summed E-state index contributed by atoms with van der Waals surface area (Å²) < 4.78 is 7.23. The van der Waals surface area contributed by atoms with Crippen molar-refractivity contribution in [2.24, 2.45) is 4.99 Å². The molecule has 2 aromatic carbocycles. The van der Waals surface area contributed by atoms with E-state index >= 15 is 0 Å². The molecule has 0 amide bonds. The molecule has 1 aliphatic rings. The number of hydrogen-bond acceptors (Lipinski definition) is 4. The number of methoxy groups -OCH3 is 1. The molecular weight excluding hydrogens is 359 g/mol. The quantitative estimate of drug-likeness (QED) is 0.696. The normalized spacial score (nSPS) is 13.0. The Hall–Kier alpha value is -2.21. The SMILES string of the molecule is COCc1nnc2n1-c1ccc(Cl)cc1C(c1ccccc1Cl)=NC2. The largest absolute Gasteiger partial charge is 0.377 e. The van der Waals surface area contributed by atoms with Crippen molar-refractivity contribution < 1.29 is 4.74 Å². The molecule has 4 rings (SSSR count). The van der Waals surface area contributed by atoms with E-state index < -0.39 is 0 Å². The van der Waals surface area contributed by atoms with Gasteiger partial charge in [0.1, 0.15) is 13.2 Å². The topological polar surface area (TPSA) is 52.3 Å². The number of fused-ring (bicyclic) bond motifs is 3. The zero-order valence-electron chi connectivity index (χ0n) is 13.4.